The molecule has 1 atom stereocenters. The summed E-state index contributed by atoms with van der Waals surface area (Å²) in [6, 6.07) is 4.85. The van der Waals surface area contributed by atoms with Crippen LogP contribution in [0.2, 0.25) is 0 Å². The van der Waals surface area contributed by atoms with Crippen LogP contribution in [0.15, 0.2) is 18.2 Å². The minimum absolute atomic E-state index is 0.255. The van der Waals surface area contributed by atoms with Crippen LogP contribution in [0.5, 0.6) is 0 Å². The number of carbonyl (C=O) groups is 1. The zero-order valence-corrected chi connectivity index (χ0v) is 9.69. The quantitative estimate of drug-likeness (QED) is 0.576. The summed E-state index contributed by atoms with van der Waals surface area (Å²) in [4.78, 5) is 30.1. The number of esters is 1. The maximum Gasteiger partial charge on any atom is 0.373 e. The molecule has 1 aliphatic rings. The smallest absolute Gasteiger partial charge is 0.373 e. The minimum Gasteiger partial charge on any atom is -0.438 e. The van der Waals surface area contributed by atoms with E-state index in [-0.39, 0.29) is 11.1 Å². The second-order valence-corrected chi connectivity index (χ2v) is 5.86. The number of carbonyl (C=O) groups excluding carboxylic acids is 1. The summed E-state index contributed by atoms with van der Waals surface area (Å²) in [7, 11) is -4.56. The molecule has 1 aromatic carbocycles. The van der Waals surface area contributed by atoms with Gasteiger partial charge in [-0.2, -0.15) is 0 Å². The number of rotatable bonds is 1. The summed E-state index contributed by atoms with van der Waals surface area (Å²) in [5.74, 6) is -0.682. The Hall–Kier alpha value is -1.16. The molecule has 0 radical (unpaired) electrons. The summed E-state index contributed by atoms with van der Waals surface area (Å²) in [5, 5.41) is -1.86. The van der Waals surface area contributed by atoms with Crippen LogP contribution >= 0.6 is 7.60 Å². The molecule has 5 nitrogen and oxygen atoms in total. The second-order valence-electron chi connectivity index (χ2n) is 3.91. The van der Waals surface area contributed by atoms with Crippen molar-refractivity contribution in [2.24, 2.45) is 0 Å². The van der Waals surface area contributed by atoms with Crippen molar-refractivity contribution in [1.29, 1.82) is 0 Å². The van der Waals surface area contributed by atoms with Crippen molar-refractivity contribution in [1.82, 2.24) is 0 Å². The van der Waals surface area contributed by atoms with E-state index in [1.807, 2.05) is 0 Å². The van der Waals surface area contributed by atoms with Crippen LogP contribution in [0.4, 0.5) is 0 Å². The minimum atomic E-state index is -4.56. The Morgan fingerprint density at radius 2 is 2.00 bits per heavy atom. The van der Waals surface area contributed by atoms with Gasteiger partial charge in [0.25, 0.3) is 0 Å². The van der Waals surface area contributed by atoms with Crippen LogP contribution in [0.25, 0.3) is 0 Å². The molecule has 0 amide bonds. The van der Waals surface area contributed by atoms with Crippen molar-refractivity contribution in [3.05, 3.63) is 34.9 Å². The molecule has 0 fully saturated rings. The molecule has 0 spiro atoms. The summed E-state index contributed by atoms with van der Waals surface area (Å²) < 4.78 is 16.3. The average Bonchev–Trinajstić information content (AvgIpc) is 2.40. The van der Waals surface area contributed by atoms with E-state index in [0.29, 0.717) is 5.56 Å². The number of benzene rings is 1. The first-order chi connectivity index (χ1) is 7.27. The fraction of sp³-hybridized carbons (Fsp3) is 0.300. The standard InChI is InChI=1S/C10H11O5P/c1-6-4-3-5-7-8(6)9(11)15-10(7,2)16(12,13)14/h3-5H,1-2H3,(H2,12,13,14)/t10-/m0/s1. The lowest BCUT2D eigenvalue weighted by molar-refractivity contribution is 0.0227. The van der Waals surface area contributed by atoms with Crippen LogP contribution in [0.3, 0.4) is 0 Å². The normalized spacial score (nSPS) is 24.1. The van der Waals surface area contributed by atoms with Crippen molar-refractivity contribution >= 4 is 13.6 Å². The summed E-state index contributed by atoms with van der Waals surface area (Å²) in [6.45, 7) is 2.93. The van der Waals surface area contributed by atoms with Crippen molar-refractivity contribution in [3.63, 3.8) is 0 Å². The van der Waals surface area contributed by atoms with Crippen LogP contribution in [0, 0.1) is 6.92 Å². The highest BCUT2D eigenvalue weighted by Crippen LogP contribution is 2.61. The van der Waals surface area contributed by atoms with Gasteiger partial charge in [-0.1, -0.05) is 18.2 Å². The van der Waals surface area contributed by atoms with Crippen LogP contribution < -0.4 is 0 Å². The fourth-order valence-electron chi connectivity index (χ4n) is 1.83. The maximum absolute atomic E-state index is 11.6. The highest BCUT2D eigenvalue weighted by molar-refractivity contribution is 7.53. The number of fused-ring (bicyclic) bond motifs is 1. The number of aryl methyl sites for hydroxylation is 1. The predicted octanol–water partition coefficient (Wildman–Crippen LogP) is 1.52. The van der Waals surface area contributed by atoms with Crippen LogP contribution in [0.1, 0.15) is 28.4 Å². The van der Waals surface area contributed by atoms with Gasteiger partial charge in [0, 0.05) is 5.56 Å². The Labute approximate surface area is 92.2 Å². The van der Waals surface area contributed by atoms with Gasteiger partial charge in [-0.25, -0.2) is 4.79 Å². The molecule has 0 saturated carbocycles. The van der Waals surface area contributed by atoms with Gasteiger partial charge in [0.1, 0.15) is 0 Å². The molecule has 6 heteroatoms. The van der Waals surface area contributed by atoms with Gasteiger partial charge in [0.2, 0.25) is 5.34 Å². The van der Waals surface area contributed by atoms with E-state index in [1.54, 1.807) is 19.1 Å². The Balaban J connectivity index is 2.74. The van der Waals surface area contributed by atoms with E-state index in [9.17, 15) is 19.1 Å². The fourth-order valence-corrected chi connectivity index (χ4v) is 2.53. The molecule has 2 rings (SSSR count). The van der Waals surface area contributed by atoms with Gasteiger partial charge in [-0.05, 0) is 19.4 Å². The van der Waals surface area contributed by atoms with E-state index in [4.69, 9.17) is 4.74 Å². The molecule has 1 heterocycles. The third kappa shape index (κ3) is 1.33. The Morgan fingerprint density at radius 1 is 1.38 bits per heavy atom. The molecule has 1 aromatic rings. The first-order valence-corrected chi connectivity index (χ1v) is 6.27. The lowest BCUT2D eigenvalue weighted by Gasteiger charge is -2.24. The van der Waals surface area contributed by atoms with E-state index in [0.717, 1.165) is 0 Å². The molecule has 0 bridgehead atoms. The van der Waals surface area contributed by atoms with Gasteiger partial charge in [0.15, 0.2) is 0 Å². The van der Waals surface area contributed by atoms with E-state index >= 15 is 0 Å². The topological polar surface area (TPSA) is 83.8 Å². The monoisotopic (exact) mass is 242 g/mol. The molecule has 0 aliphatic carbocycles. The highest BCUT2D eigenvalue weighted by Gasteiger charge is 2.54. The number of cyclic esters (lactones) is 1. The molecule has 0 aromatic heterocycles. The second kappa shape index (κ2) is 3.17. The number of ether oxygens (including phenoxy) is 1. The van der Waals surface area contributed by atoms with Crippen molar-refractivity contribution in [2.45, 2.75) is 19.2 Å². The van der Waals surface area contributed by atoms with Crippen molar-refractivity contribution in [2.75, 3.05) is 0 Å². The number of hydrogen-bond acceptors (Lipinski definition) is 3. The van der Waals surface area contributed by atoms with Crippen LogP contribution in [-0.2, 0) is 14.6 Å². The average molecular weight is 242 g/mol. The van der Waals surface area contributed by atoms with E-state index < -0.39 is 18.9 Å². The highest BCUT2D eigenvalue weighted by atomic mass is 31.2. The molecule has 1 aliphatic heterocycles. The lowest BCUT2D eigenvalue weighted by Crippen LogP contribution is -2.21. The van der Waals surface area contributed by atoms with Gasteiger partial charge in [-0.15, -0.1) is 0 Å². The van der Waals surface area contributed by atoms with Gasteiger partial charge in [0.05, 0.1) is 5.56 Å². The van der Waals surface area contributed by atoms with Gasteiger partial charge < -0.3 is 14.5 Å². The summed E-state index contributed by atoms with van der Waals surface area (Å²) in [6.07, 6.45) is 0. The molecule has 0 saturated heterocycles. The largest absolute Gasteiger partial charge is 0.438 e. The van der Waals surface area contributed by atoms with Gasteiger partial charge in [-0.3, -0.25) is 4.57 Å². The molecular formula is C10H11O5P. The number of hydrogen-bond donors (Lipinski definition) is 2. The molecule has 0 unspecified atom stereocenters. The maximum atomic E-state index is 11.6. The Bertz CT molecular complexity index is 518. The first kappa shape index (κ1) is 11.3. The van der Waals surface area contributed by atoms with Crippen LogP contribution in [-0.4, -0.2) is 15.8 Å². The predicted molar refractivity (Wildman–Crippen MR) is 56.0 cm³/mol. The lowest BCUT2D eigenvalue weighted by atomic mass is 10.0. The third-order valence-electron chi connectivity index (χ3n) is 2.82. The molecule has 86 valence electrons. The zero-order valence-electron chi connectivity index (χ0n) is 8.80. The van der Waals surface area contributed by atoms with E-state index in [2.05, 4.69) is 0 Å². The molecule has 2 N–H and O–H groups in total. The summed E-state index contributed by atoms with van der Waals surface area (Å²) >= 11 is 0. The van der Waals surface area contributed by atoms with E-state index in [1.165, 1.54) is 13.0 Å². The Kier molecular flexibility index (Phi) is 2.24. The first-order valence-electron chi connectivity index (χ1n) is 4.66. The SMILES string of the molecule is Cc1cccc2c1C(=O)O[C@@]2(C)P(=O)(O)O. The third-order valence-corrected chi connectivity index (χ3v) is 4.27. The summed E-state index contributed by atoms with van der Waals surface area (Å²) in [5.41, 5.74) is 1.17. The molecular weight excluding hydrogens is 231 g/mol. The Morgan fingerprint density at radius 3 is 2.56 bits per heavy atom. The molecule has 16 heavy (non-hydrogen) atoms. The zero-order chi connectivity index (χ0) is 12.1. The van der Waals surface area contributed by atoms with Gasteiger partial charge >= 0.3 is 13.6 Å². The van der Waals surface area contributed by atoms with Crippen molar-refractivity contribution in [3.8, 4) is 0 Å². The van der Waals surface area contributed by atoms with Crippen molar-refractivity contribution < 1.29 is 23.9 Å².